The van der Waals surface area contributed by atoms with Crippen molar-refractivity contribution in [2.75, 3.05) is 23.7 Å². The van der Waals surface area contributed by atoms with E-state index in [2.05, 4.69) is 5.32 Å². The molecule has 0 radical (unpaired) electrons. The zero-order valence-electron chi connectivity index (χ0n) is 20.7. The van der Waals surface area contributed by atoms with Crippen LogP contribution in [-0.2, 0) is 26.0 Å². The number of hydrogen-bond donors (Lipinski definition) is 1. The number of carbonyl (C=O) groups is 2. The Morgan fingerprint density at radius 1 is 0.971 bits per heavy atom. The van der Waals surface area contributed by atoms with Crippen molar-refractivity contribution in [2.45, 2.75) is 64.0 Å². The van der Waals surface area contributed by atoms with Gasteiger partial charge in [0.2, 0.25) is 21.8 Å². The van der Waals surface area contributed by atoms with Gasteiger partial charge in [-0.3, -0.25) is 13.9 Å². The Hall–Kier alpha value is -2.87. The molecule has 2 aromatic rings. The van der Waals surface area contributed by atoms with Crippen molar-refractivity contribution in [3.63, 3.8) is 0 Å². The summed E-state index contributed by atoms with van der Waals surface area (Å²) >= 11 is 0. The number of benzene rings is 2. The highest BCUT2D eigenvalue weighted by molar-refractivity contribution is 7.92. The van der Waals surface area contributed by atoms with Crippen LogP contribution in [0.25, 0.3) is 0 Å². The molecule has 3 rings (SSSR count). The van der Waals surface area contributed by atoms with Gasteiger partial charge in [-0.2, -0.15) is 0 Å². The van der Waals surface area contributed by atoms with Gasteiger partial charge in [-0.05, 0) is 43.4 Å². The topological polar surface area (TPSA) is 86.8 Å². The summed E-state index contributed by atoms with van der Waals surface area (Å²) in [6, 6.07) is 17.8. The van der Waals surface area contributed by atoms with Crippen LogP contribution >= 0.6 is 0 Å². The van der Waals surface area contributed by atoms with Crippen LogP contribution in [0.4, 0.5) is 5.69 Å². The third-order valence-corrected chi connectivity index (χ3v) is 7.69. The maximum Gasteiger partial charge on any atom is 0.244 e. The van der Waals surface area contributed by atoms with E-state index in [-0.39, 0.29) is 24.4 Å². The quantitative estimate of drug-likeness (QED) is 0.510. The van der Waals surface area contributed by atoms with Crippen LogP contribution in [0.15, 0.2) is 60.7 Å². The number of nitrogens with zero attached hydrogens (tertiary/aromatic N) is 2. The number of rotatable bonds is 11. The SMILES string of the molecule is CC[C@@H](C(=O)NC1CCCCC1)N(CCc1ccccc1)C(=O)CN(c1ccccc1)S(C)(=O)=O. The predicted molar refractivity (Wildman–Crippen MR) is 140 cm³/mol. The highest BCUT2D eigenvalue weighted by Crippen LogP contribution is 2.20. The fraction of sp³-hybridized carbons (Fsp3) is 0.481. The molecule has 0 aliphatic heterocycles. The summed E-state index contributed by atoms with van der Waals surface area (Å²) in [4.78, 5) is 28.5. The number of sulfonamides is 1. The lowest BCUT2D eigenvalue weighted by Gasteiger charge is -2.34. The van der Waals surface area contributed by atoms with E-state index in [0.29, 0.717) is 25.1 Å². The second kappa shape index (κ2) is 12.7. The third kappa shape index (κ3) is 7.82. The van der Waals surface area contributed by atoms with Gasteiger partial charge >= 0.3 is 0 Å². The lowest BCUT2D eigenvalue weighted by atomic mass is 9.95. The van der Waals surface area contributed by atoms with E-state index >= 15 is 0 Å². The van der Waals surface area contributed by atoms with E-state index in [4.69, 9.17) is 0 Å². The Morgan fingerprint density at radius 2 is 1.57 bits per heavy atom. The molecule has 8 heteroatoms. The van der Waals surface area contributed by atoms with E-state index in [1.807, 2.05) is 37.3 Å². The van der Waals surface area contributed by atoms with Crippen LogP contribution in [0.1, 0.15) is 51.0 Å². The number of para-hydroxylation sites is 1. The average Bonchev–Trinajstić information content (AvgIpc) is 2.86. The molecule has 1 saturated carbocycles. The van der Waals surface area contributed by atoms with E-state index in [1.165, 1.54) is 6.42 Å². The first kappa shape index (κ1) is 26.7. The van der Waals surface area contributed by atoms with Gasteiger partial charge in [0.1, 0.15) is 12.6 Å². The molecule has 0 aromatic heterocycles. The standard InChI is InChI=1S/C27H37N3O4S/c1-3-25(27(32)28-23-15-9-5-10-16-23)29(20-19-22-13-7-4-8-14-22)26(31)21-30(35(2,33)34)24-17-11-6-12-18-24/h4,6-8,11-14,17-18,23,25H,3,5,9-10,15-16,19-21H2,1-2H3,(H,28,32)/t25-/m0/s1. The number of amides is 2. The second-order valence-corrected chi connectivity index (χ2v) is 11.1. The molecule has 190 valence electrons. The second-order valence-electron chi connectivity index (χ2n) is 9.20. The van der Waals surface area contributed by atoms with Crippen molar-refractivity contribution in [3.8, 4) is 0 Å². The molecule has 1 fully saturated rings. The summed E-state index contributed by atoms with van der Waals surface area (Å²) in [5, 5.41) is 3.15. The number of carbonyl (C=O) groups excluding carboxylic acids is 2. The first-order chi connectivity index (χ1) is 16.8. The Kier molecular flexibility index (Phi) is 9.72. The minimum absolute atomic E-state index is 0.133. The zero-order chi connectivity index (χ0) is 25.3. The molecule has 0 heterocycles. The summed E-state index contributed by atoms with van der Waals surface area (Å²) in [7, 11) is -3.70. The molecular weight excluding hydrogens is 462 g/mol. The van der Waals surface area contributed by atoms with Crippen LogP contribution in [-0.4, -0.2) is 56.6 Å². The van der Waals surface area contributed by atoms with Crippen molar-refractivity contribution in [2.24, 2.45) is 0 Å². The zero-order valence-corrected chi connectivity index (χ0v) is 21.5. The van der Waals surface area contributed by atoms with E-state index in [9.17, 15) is 18.0 Å². The molecule has 1 atom stereocenters. The molecular formula is C27H37N3O4S. The van der Waals surface area contributed by atoms with Crippen molar-refractivity contribution in [1.82, 2.24) is 10.2 Å². The maximum atomic E-state index is 13.6. The van der Waals surface area contributed by atoms with E-state index in [1.54, 1.807) is 35.2 Å². The van der Waals surface area contributed by atoms with Crippen molar-refractivity contribution in [3.05, 3.63) is 66.2 Å². The van der Waals surface area contributed by atoms with Crippen LogP contribution in [0.3, 0.4) is 0 Å². The monoisotopic (exact) mass is 499 g/mol. The minimum atomic E-state index is -3.70. The Bertz CT molecular complexity index is 1050. The van der Waals surface area contributed by atoms with Gasteiger partial charge in [0.25, 0.3) is 0 Å². The maximum absolute atomic E-state index is 13.6. The Balaban J connectivity index is 1.83. The molecule has 35 heavy (non-hydrogen) atoms. The van der Waals surface area contributed by atoms with Crippen LogP contribution in [0.5, 0.6) is 0 Å². The fourth-order valence-corrected chi connectivity index (χ4v) is 5.50. The van der Waals surface area contributed by atoms with Gasteiger partial charge in [-0.25, -0.2) is 8.42 Å². The minimum Gasteiger partial charge on any atom is -0.352 e. The summed E-state index contributed by atoms with van der Waals surface area (Å²) in [5.74, 6) is -0.549. The molecule has 0 spiro atoms. The molecule has 0 bridgehead atoms. The van der Waals surface area contributed by atoms with Gasteiger partial charge in [0.15, 0.2) is 0 Å². The largest absolute Gasteiger partial charge is 0.352 e. The van der Waals surface area contributed by atoms with Gasteiger partial charge in [-0.1, -0.05) is 74.7 Å². The van der Waals surface area contributed by atoms with Gasteiger partial charge in [0, 0.05) is 12.6 Å². The smallest absolute Gasteiger partial charge is 0.244 e. The van der Waals surface area contributed by atoms with E-state index < -0.39 is 16.1 Å². The lowest BCUT2D eigenvalue weighted by molar-refractivity contribution is -0.140. The van der Waals surface area contributed by atoms with Crippen molar-refractivity contribution < 1.29 is 18.0 Å². The fourth-order valence-electron chi connectivity index (χ4n) is 4.65. The van der Waals surface area contributed by atoms with Crippen LogP contribution < -0.4 is 9.62 Å². The number of hydrogen-bond acceptors (Lipinski definition) is 4. The van der Waals surface area contributed by atoms with Crippen LogP contribution in [0, 0.1) is 0 Å². The molecule has 1 aliphatic rings. The lowest BCUT2D eigenvalue weighted by Crippen LogP contribution is -2.54. The average molecular weight is 500 g/mol. The first-order valence-electron chi connectivity index (χ1n) is 12.5. The van der Waals surface area contributed by atoms with Crippen molar-refractivity contribution in [1.29, 1.82) is 0 Å². The summed E-state index contributed by atoms with van der Waals surface area (Å²) < 4.78 is 26.3. The highest BCUT2D eigenvalue weighted by atomic mass is 32.2. The van der Waals surface area contributed by atoms with Crippen LogP contribution in [0.2, 0.25) is 0 Å². The van der Waals surface area contributed by atoms with Gasteiger partial charge in [-0.15, -0.1) is 0 Å². The highest BCUT2D eigenvalue weighted by Gasteiger charge is 2.32. The number of anilines is 1. The normalized spacial score (nSPS) is 15.3. The molecule has 0 unspecified atom stereocenters. The predicted octanol–water partition coefficient (Wildman–Crippen LogP) is 3.75. The third-order valence-electron chi connectivity index (χ3n) is 6.55. The molecule has 7 nitrogen and oxygen atoms in total. The molecule has 0 saturated heterocycles. The van der Waals surface area contributed by atoms with Gasteiger partial charge in [0.05, 0.1) is 11.9 Å². The molecule has 1 N–H and O–H groups in total. The van der Waals surface area contributed by atoms with Crippen molar-refractivity contribution >= 4 is 27.5 Å². The van der Waals surface area contributed by atoms with Gasteiger partial charge < -0.3 is 10.2 Å². The molecule has 2 amide bonds. The summed E-state index contributed by atoms with van der Waals surface area (Å²) in [5.41, 5.74) is 1.47. The first-order valence-corrected chi connectivity index (χ1v) is 14.3. The van der Waals surface area contributed by atoms with E-state index in [0.717, 1.165) is 41.8 Å². The summed E-state index contributed by atoms with van der Waals surface area (Å²) in [6.07, 6.45) is 7.40. The Morgan fingerprint density at radius 3 is 2.14 bits per heavy atom. The molecule has 2 aromatic carbocycles. The number of nitrogens with one attached hydrogen (secondary N) is 1. The molecule has 1 aliphatic carbocycles. The Labute approximate surface area is 209 Å². The summed E-state index contributed by atoms with van der Waals surface area (Å²) in [6.45, 7) is 1.86.